The zero-order valence-corrected chi connectivity index (χ0v) is 15.9. The van der Waals surface area contributed by atoms with Crippen LogP contribution in [0.2, 0.25) is 5.02 Å². The Bertz CT molecular complexity index is 867. The molecule has 0 fully saturated rings. The molecule has 0 aliphatic carbocycles. The van der Waals surface area contributed by atoms with Crippen LogP contribution in [-0.4, -0.2) is 44.1 Å². The topological polar surface area (TPSA) is 65.1 Å². The zero-order chi connectivity index (χ0) is 19.4. The molecule has 0 radical (unpaired) electrons. The Morgan fingerprint density at radius 1 is 1.11 bits per heavy atom. The van der Waals surface area contributed by atoms with Gasteiger partial charge in [0.1, 0.15) is 0 Å². The summed E-state index contributed by atoms with van der Waals surface area (Å²) >= 11 is 6.10. The lowest BCUT2D eigenvalue weighted by atomic mass is 10.00. The number of ether oxygens (including phenoxy) is 3. The zero-order valence-electron chi connectivity index (χ0n) is 15.2. The summed E-state index contributed by atoms with van der Waals surface area (Å²) in [5, 5.41) is 0.225. The fourth-order valence-corrected chi connectivity index (χ4v) is 3.33. The lowest BCUT2D eigenvalue weighted by Crippen LogP contribution is -2.38. The van der Waals surface area contributed by atoms with E-state index >= 15 is 0 Å². The van der Waals surface area contributed by atoms with Crippen LogP contribution in [0.1, 0.15) is 21.5 Å². The fourth-order valence-electron chi connectivity index (χ4n) is 3.05. The Balaban J connectivity index is 1.63. The lowest BCUT2D eigenvalue weighted by molar-refractivity contribution is -0.135. The number of carbonyl (C=O) groups is 2. The SMILES string of the molecule is COc1cc(C(=O)OCC(=O)N2CCc3ccccc3C2)cc(Cl)c1OC. The first-order valence-electron chi connectivity index (χ1n) is 8.46. The Labute approximate surface area is 162 Å². The van der Waals surface area contributed by atoms with Gasteiger partial charge in [0.25, 0.3) is 5.91 Å². The largest absolute Gasteiger partial charge is 0.493 e. The molecule has 2 aromatic rings. The fraction of sp³-hybridized carbons (Fsp3) is 0.300. The molecule has 1 amide bonds. The van der Waals surface area contributed by atoms with E-state index in [1.54, 1.807) is 4.90 Å². The third-order valence-electron chi connectivity index (χ3n) is 4.48. The second kappa shape index (κ2) is 8.31. The molecule has 0 N–H and O–H groups in total. The van der Waals surface area contributed by atoms with Crippen molar-refractivity contribution in [1.82, 2.24) is 4.90 Å². The number of benzene rings is 2. The standard InChI is InChI=1S/C20H20ClNO5/c1-25-17-10-15(9-16(21)19(17)26-2)20(24)27-12-18(23)22-8-7-13-5-3-4-6-14(13)11-22/h3-6,9-10H,7-8,11-12H2,1-2H3. The Morgan fingerprint density at radius 2 is 1.85 bits per heavy atom. The van der Waals surface area contributed by atoms with Crippen molar-refractivity contribution >= 4 is 23.5 Å². The Hall–Kier alpha value is -2.73. The minimum Gasteiger partial charge on any atom is -0.493 e. The predicted molar refractivity (Wildman–Crippen MR) is 100 cm³/mol. The number of fused-ring (bicyclic) bond motifs is 1. The second-order valence-electron chi connectivity index (χ2n) is 6.10. The van der Waals surface area contributed by atoms with Crippen molar-refractivity contribution in [3.63, 3.8) is 0 Å². The highest BCUT2D eigenvalue weighted by molar-refractivity contribution is 6.32. The quantitative estimate of drug-likeness (QED) is 0.735. The van der Waals surface area contributed by atoms with E-state index in [2.05, 4.69) is 6.07 Å². The maximum absolute atomic E-state index is 12.4. The number of carbonyl (C=O) groups excluding carboxylic acids is 2. The molecular formula is C20H20ClNO5. The summed E-state index contributed by atoms with van der Waals surface area (Å²) < 4.78 is 15.5. The average molecular weight is 390 g/mol. The molecule has 3 rings (SSSR count). The average Bonchev–Trinajstić information content (AvgIpc) is 2.70. The number of amides is 1. The molecular weight excluding hydrogens is 370 g/mol. The summed E-state index contributed by atoms with van der Waals surface area (Å²) in [6.45, 7) is 0.803. The number of hydrogen-bond donors (Lipinski definition) is 0. The van der Waals surface area contributed by atoms with Crippen molar-refractivity contribution in [3.05, 3.63) is 58.1 Å². The number of hydrogen-bond acceptors (Lipinski definition) is 5. The van der Waals surface area contributed by atoms with E-state index in [9.17, 15) is 9.59 Å². The van der Waals surface area contributed by atoms with Crippen LogP contribution in [0.4, 0.5) is 0 Å². The van der Waals surface area contributed by atoms with E-state index in [0.717, 1.165) is 12.0 Å². The molecule has 7 heteroatoms. The van der Waals surface area contributed by atoms with E-state index < -0.39 is 5.97 Å². The summed E-state index contributed by atoms with van der Waals surface area (Å²) in [6.07, 6.45) is 0.793. The summed E-state index contributed by atoms with van der Waals surface area (Å²) in [5.74, 6) is -0.234. The highest BCUT2D eigenvalue weighted by atomic mass is 35.5. The van der Waals surface area contributed by atoms with Crippen molar-refractivity contribution < 1.29 is 23.8 Å². The van der Waals surface area contributed by atoms with Gasteiger partial charge < -0.3 is 19.1 Å². The molecule has 6 nitrogen and oxygen atoms in total. The number of esters is 1. The van der Waals surface area contributed by atoms with Gasteiger partial charge >= 0.3 is 5.97 Å². The maximum Gasteiger partial charge on any atom is 0.338 e. The third kappa shape index (κ3) is 4.17. The molecule has 1 aliphatic heterocycles. The van der Waals surface area contributed by atoms with Gasteiger partial charge in [-0.25, -0.2) is 4.79 Å². The van der Waals surface area contributed by atoms with Gasteiger partial charge in [-0.15, -0.1) is 0 Å². The first-order chi connectivity index (χ1) is 13.0. The van der Waals surface area contributed by atoms with Crippen molar-refractivity contribution in [2.24, 2.45) is 0 Å². The van der Waals surface area contributed by atoms with Gasteiger partial charge in [-0.05, 0) is 29.7 Å². The molecule has 27 heavy (non-hydrogen) atoms. The molecule has 0 spiro atoms. The van der Waals surface area contributed by atoms with Crippen LogP contribution < -0.4 is 9.47 Å². The second-order valence-corrected chi connectivity index (χ2v) is 6.51. The van der Waals surface area contributed by atoms with Gasteiger partial charge in [-0.1, -0.05) is 35.9 Å². The normalized spacial score (nSPS) is 12.9. The first-order valence-corrected chi connectivity index (χ1v) is 8.84. The summed E-state index contributed by atoms with van der Waals surface area (Å²) in [7, 11) is 2.90. The highest BCUT2D eigenvalue weighted by Gasteiger charge is 2.22. The molecule has 0 bridgehead atoms. The highest BCUT2D eigenvalue weighted by Crippen LogP contribution is 2.36. The van der Waals surface area contributed by atoms with Crippen molar-refractivity contribution in [3.8, 4) is 11.5 Å². The molecule has 0 atom stereocenters. The Morgan fingerprint density at radius 3 is 2.56 bits per heavy atom. The van der Waals surface area contributed by atoms with Crippen LogP contribution >= 0.6 is 11.6 Å². The molecule has 2 aromatic carbocycles. The van der Waals surface area contributed by atoms with Crippen LogP contribution in [0.5, 0.6) is 11.5 Å². The van der Waals surface area contributed by atoms with Crippen LogP contribution in [-0.2, 0) is 22.5 Å². The van der Waals surface area contributed by atoms with Crippen LogP contribution in [0.25, 0.3) is 0 Å². The Kier molecular flexibility index (Phi) is 5.86. The van der Waals surface area contributed by atoms with Crippen molar-refractivity contribution in [2.45, 2.75) is 13.0 Å². The van der Waals surface area contributed by atoms with E-state index in [0.29, 0.717) is 24.6 Å². The van der Waals surface area contributed by atoms with Crippen LogP contribution in [0.15, 0.2) is 36.4 Å². The lowest BCUT2D eigenvalue weighted by Gasteiger charge is -2.28. The molecule has 142 valence electrons. The molecule has 0 unspecified atom stereocenters. The van der Waals surface area contributed by atoms with Crippen LogP contribution in [0, 0.1) is 0 Å². The molecule has 1 heterocycles. The van der Waals surface area contributed by atoms with Gasteiger partial charge in [0, 0.05) is 13.1 Å². The third-order valence-corrected chi connectivity index (χ3v) is 4.76. The van der Waals surface area contributed by atoms with Gasteiger partial charge in [-0.3, -0.25) is 4.79 Å². The monoisotopic (exact) mass is 389 g/mol. The predicted octanol–water partition coefficient (Wildman–Crippen LogP) is 3.10. The summed E-state index contributed by atoms with van der Waals surface area (Å²) in [6, 6.07) is 10.9. The summed E-state index contributed by atoms with van der Waals surface area (Å²) in [4.78, 5) is 26.4. The van der Waals surface area contributed by atoms with Crippen molar-refractivity contribution in [2.75, 3.05) is 27.4 Å². The van der Waals surface area contributed by atoms with E-state index in [1.807, 2.05) is 18.2 Å². The van der Waals surface area contributed by atoms with Gasteiger partial charge in [0.15, 0.2) is 18.1 Å². The molecule has 0 saturated heterocycles. The van der Waals surface area contributed by atoms with E-state index in [4.69, 9.17) is 25.8 Å². The number of halogens is 1. The maximum atomic E-state index is 12.4. The smallest absolute Gasteiger partial charge is 0.338 e. The van der Waals surface area contributed by atoms with E-state index in [-0.39, 0.29) is 23.1 Å². The van der Waals surface area contributed by atoms with Crippen LogP contribution in [0.3, 0.4) is 0 Å². The molecule has 0 aromatic heterocycles. The number of nitrogens with zero attached hydrogens (tertiary/aromatic N) is 1. The van der Waals surface area contributed by atoms with Gasteiger partial charge in [0.2, 0.25) is 0 Å². The van der Waals surface area contributed by atoms with E-state index in [1.165, 1.54) is 31.9 Å². The molecule has 0 saturated carbocycles. The first kappa shape index (κ1) is 19.0. The van der Waals surface area contributed by atoms with Crippen molar-refractivity contribution in [1.29, 1.82) is 0 Å². The minimum atomic E-state index is -0.649. The number of methoxy groups -OCH3 is 2. The number of rotatable bonds is 5. The van der Waals surface area contributed by atoms with Gasteiger partial charge in [0.05, 0.1) is 24.8 Å². The minimum absolute atomic E-state index is 0.189. The van der Waals surface area contributed by atoms with Gasteiger partial charge in [-0.2, -0.15) is 0 Å². The summed E-state index contributed by atoms with van der Waals surface area (Å²) in [5.41, 5.74) is 2.56. The molecule has 1 aliphatic rings.